The number of hydrogen-bond donors (Lipinski definition) is 0. The van der Waals surface area contributed by atoms with Gasteiger partial charge in [0.25, 0.3) is 0 Å². The largest absolute Gasteiger partial charge is 0.864 e. The Morgan fingerprint density at radius 1 is 0.462 bits per heavy atom. The van der Waals surface area contributed by atoms with Gasteiger partial charge >= 0.3 is 7.32 Å². The zero-order valence-corrected chi connectivity index (χ0v) is 18.8. The van der Waals surface area contributed by atoms with E-state index in [1.165, 1.54) is 12.1 Å². The SMILES string of the molecule is Fc1ccc(F)c(OB(Oc2c(F)ccc(F)c2F)Oc2c(F)c(F)c(F)c3c2Cc2cccc(F)c2-3)c1F. The van der Waals surface area contributed by atoms with Gasteiger partial charge in [0.2, 0.25) is 17.5 Å². The summed E-state index contributed by atoms with van der Waals surface area (Å²) < 4.78 is 158. The van der Waals surface area contributed by atoms with Crippen molar-refractivity contribution in [1.29, 1.82) is 0 Å². The molecule has 0 saturated carbocycles. The van der Waals surface area contributed by atoms with Crippen LogP contribution in [-0.2, 0) is 6.42 Å². The van der Waals surface area contributed by atoms with Crippen molar-refractivity contribution >= 4 is 7.32 Å². The van der Waals surface area contributed by atoms with Gasteiger partial charge in [-0.05, 0) is 35.9 Å². The molecule has 0 amide bonds. The first-order valence-electron chi connectivity index (χ1n) is 10.7. The lowest BCUT2D eigenvalue weighted by atomic mass is 10.0. The molecule has 0 N–H and O–H groups in total. The molecule has 0 bridgehead atoms. The van der Waals surface area contributed by atoms with Crippen molar-refractivity contribution in [2.24, 2.45) is 0 Å². The van der Waals surface area contributed by atoms with Crippen LogP contribution in [-0.4, -0.2) is 7.32 Å². The maximum atomic E-state index is 15.0. The van der Waals surface area contributed by atoms with Crippen molar-refractivity contribution < 1.29 is 57.9 Å². The highest BCUT2D eigenvalue weighted by Gasteiger charge is 2.41. The smallest absolute Gasteiger partial charge is 0.486 e. The molecule has 1 aliphatic rings. The van der Waals surface area contributed by atoms with Crippen LogP contribution in [0.15, 0.2) is 42.5 Å². The van der Waals surface area contributed by atoms with Crippen LogP contribution >= 0.6 is 0 Å². The minimum atomic E-state index is -2.88. The van der Waals surface area contributed by atoms with E-state index in [0.29, 0.717) is 24.3 Å². The third-order valence-corrected chi connectivity index (χ3v) is 5.74. The predicted molar refractivity (Wildman–Crippen MR) is 115 cm³/mol. The van der Waals surface area contributed by atoms with Gasteiger partial charge in [0.05, 0.1) is 0 Å². The van der Waals surface area contributed by atoms with E-state index in [9.17, 15) is 43.9 Å². The Bertz CT molecular complexity index is 1590. The molecular weight excluding hydrogens is 549 g/mol. The molecule has 0 unspecified atom stereocenters. The van der Waals surface area contributed by atoms with E-state index < -0.39 is 106 Å². The Morgan fingerprint density at radius 3 is 1.54 bits per heavy atom. The molecule has 0 saturated heterocycles. The summed E-state index contributed by atoms with van der Waals surface area (Å²) >= 11 is 0. The fraction of sp³-hybridized carbons (Fsp3) is 0.0400. The summed E-state index contributed by atoms with van der Waals surface area (Å²) in [6.45, 7) is 0. The lowest BCUT2D eigenvalue weighted by molar-refractivity contribution is 0.266. The average Bonchev–Trinajstić information content (AvgIpc) is 3.30. The first-order valence-corrected chi connectivity index (χ1v) is 10.7. The van der Waals surface area contributed by atoms with Crippen LogP contribution in [0.5, 0.6) is 17.2 Å². The van der Waals surface area contributed by atoms with Gasteiger partial charge in [-0.2, -0.15) is 13.2 Å². The average molecular weight is 558 g/mol. The number of rotatable bonds is 6. The Balaban J connectivity index is 1.65. The first-order chi connectivity index (χ1) is 18.5. The van der Waals surface area contributed by atoms with Crippen LogP contribution in [0.4, 0.5) is 43.9 Å². The lowest BCUT2D eigenvalue weighted by Gasteiger charge is -2.20. The van der Waals surface area contributed by atoms with Crippen molar-refractivity contribution in [3.05, 3.63) is 112 Å². The maximum Gasteiger partial charge on any atom is 0.864 e. The van der Waals surface area contributed by atoms with E-state index in [4.69, 9.17) is 14.0 Å². The van der Waals surface area contributed by atoms with Crippen molar-refractivity contribution in [2.45, 2.75) is 6.42 Å². The van der Waals surface area contributed by atoms with Gasteiger partial charge < -0.3 is 14.0 Å². The highest BCUT2D eigenvalue weighted by molar-refractivity contribution is 6.39. The number of fused-ring (bicyclic) bond motifs is 3. The van der Waals surface area contributed by atoms with Crippen molar-refractivity contribution in [3.63, 3.8) is 0 Å². The highest BCUT2D eigenvalue weighted by Crippen LogP contribution is 2.46. The van der Waals surface area contributed by atoms with E-state index in [1.54, 1.807) is 0 Å². The number of hydrogen-bond acceptors (Lipinski definition) is 3. The van der Waals surface area contributed by atoms with Gasteiger partial charge in [-0.3, -0.25) is 0 Å². The molecule has 0 aliphatic heterocycles. The normalized spacial score (nSPS) is 11.7. The zero-order chi connectivity index (χ0) is 28.2. The van der Waals surface area contributed by atoms with Crippen LogP contribution in [0.2, 0.25) is 0 Å². The number of halogens is 10. The molecule has 3 nitrogen and oxygen atoms in total. The Labute approximate surface area is 212 Å². The molecule has 0 radical (unpaired) electrons. The summed E-state index contributed by atoms with van der Waals surface area (Å²) in [6, 6.07) is 4.91. The lowest BCUT2D eigenvalue weighted by Crippen LogP contribution is -2.39. The molecule has 0 spiro atoms. The molecule has 0 fully saturated rings. The predicted octanol–water partition coefficient (Wildman–Crippen LogP) is 7.17. The zero-order valence-electron chi connectivity index (χ0n) is 18.8. The van der Waals surface area contributed by atoms with Crippen molar-refractivity contribution in [3.8, 4) is 28.4 Å². The standard InChI is InChI=1S/C25H9BF10O3/c27-11-3-1-2-9-8-10-17(16(9)11)20(34)21(35)22(36)23(10)37-26(38-24-14(30)6-4-12(28)18(24)32)39-25-15(31)7-5-13(29)19(25)33/h1-7H,8H2. The third-order valence-electron chi connectivity index (χ3n) is 5.74. The van der Waals surface area contributed by atoms with Crippen molar-refractivity contribution in [2.75, 3.05) is 0 Å². The van der Waals surface area contributed by atoms with Crippen LogP contribution in [0.25, 0.3) is 11.1 Å². The van der Waals surface area contributed by atoms with E-state index >= 15 is 0 Å². The molecule has 4 aromatic rings. The van der Waals surface area contributed by atoms with Gasteiger partial charge in [0, 0.05) is 23.1 Å². The quantitative estimate of drug-likeness (QED) is 0.0958. The fourth-order valence-corrected chi connectivity index (χ4v) is 4.02. The molecule has 39 heavy (non-hydrogen) atoms. The van der Waals surface area contributed by atoms with Gasteiger partial charge in [-0.15, -0.1) is 0 Å². The van der Waals surface area contributed by atoms with Crippen LogP contribution < -0.4 is 14.0 Å². The van der Waals surface area contributed by atoms with E-state index in [1.807, 2.05) is 0 Å². The topological polar surface area (TPSA) is 27.7 Å². The molecular formula is C25H9BF10O3. The third kappa shape index (κ3) is 4.39. The second-order valence-corrected chi connectivity index (χ2v) is 8.06. The highest BCUT2D eigenvalue weighted by atomic mass is 19.2. The molecule has 5 rings (SSSR count). The molecule has 0 aromatic heterocycles. The van der Waals surface area contributed by atoms with E-state index in [2.05, 4.69) is 0 Å². The van der Waals surface area contributed by atoms with E-state index in [0.717, 1.165) is 6.07 Å². The van der Waals surface area contributed by atoms with Gasteiger partial charge in [0.1, 0.15) is 11.6 Å². The number of benzene rings is 4. The summed E-state index contributed by atoms with van der Waals surface area (Å²) in [4.78, 5) is 0. The summed E-state index contributed by atoms with van der Waals surface area (Å²) in [7, 11) is -2.88. The van der Waals surface area contributed by atoms with E-state index in [-0.39, 0.29) is 5.56 Å². The summed E-state index contributed by atoms with van der Waals surface area (Å²) in [5.74, 6) is -22.0. The van der Waals surface area contributed by atoms with Crippen LogP contribution in [0, 0.1) is 58.2 Å². The van der Waals surface area contributed by atoms with Crippen molar-refractivity contribution in [1.82, 2.24) is 0 Å². The minimum absolute atomic E-state index is 0.0570. The maximum absolute atomic E-state index is 15.0. The molecule has 0 atom stereocenters. The molecule has 0 heterocycles. The fourth-order valence-electron chi connectivity index (χ4n) is 4.02. The Morgan fingerprint density at radius 2 is 0.974 bits per heavy atom. The molecule has 4 aromatic carbocycles. The van der Waals surface area contributed by atoms with Crippen LogP contribution in [0.3, 0.4) is 0 Å². The second kappa shape index (κ2) is 9.75. The Hall–Kier alpha value is -4.36. The Kier molecular flexibility index (Phi) is 6.56. The second-order valence-electron chi connectivity index (χ2n) is 8.06. The molecule has 1 aliphatic carbocycles. The first kappa shape index (κ1) is 26.3. The summed E-state index contributed by atoms with van der Waals surface area (Å²) in [6.07, 6.45) is -0.468. The van der Waals surface area contributed by atoms with Gasteiger partial charge in [0.15, 0.2) is 46.4 Å². The molecule has 14 heteroatoms. The monoisotopic (exact) mass is 558 g/mol. The summed E-state index contributed by atoms with van der Waals surface area (Å²) in [5.41, 5.74) is -1.70. The van der Waals surface area contributed by atoms with Gasteiger partial charge in [-0.25, -0.2) is 30.7 Å². The van der Waals surface area contributed by atoms with Crippen LogP contribution in [0.1, 0.15) is 11.1 Å². The minimum Gasteiger partial charge on any atom is -0.486 e. The summed E-state index contributed by atoms with van der Waals surface area (Å²) in [5, 5.41) is 0. The molecule has 200 valence electrons. The van der Waals surface area contributed by atoms with Gasteiger partial charge in [-0.1, -0.05) is 12.1 Å².